The summed E-state index contributed by atoms with van der Waals surface area (Å²) in [6.07, 6.45) is 0.545. The SMILES string of the molecule is Cc1ccc(Cl)c(O[C@H](C)C(=O)N(CCC(=O)O)C2CCOCC2)c1. The molecule has 6 nitrogen and oxygen atoms in total. The quantitative estimate of drug-likeness (QED) is 0.799. The van der Waals surface area contributed by atoms with Crippen LogP contribution in [0.1, 0.15) is 31.7 Å². The number of carboxylic acid groups (broad SMARTS) is 1. The van der Waals surface area contributed by atoms with Crippen LogP contribution in [0, 0.1) is 6.92 Å². The normalized spacial score (nSPS) is 16.3. The smallest absolute Gasteiger partial charge is 0.305 e. The Morgan fingerprint density at radius 1 is 1.40 bits per heavy atom. The number of nitrogens with zero attached hydrogens (tertiary/aromatic N) is 1. The topological polar surface area (TPSA) is 76.1 Å². The zero-order valence-corrected chi connectivity index (χ0v) is 15.3. The second-order valence-corrected chi connectivity index (χ2v) is 6.62. The third-order valence-electron chi connectivity index (χ3n) is 4.22. The molecule has 1 saturated heterocycles. The van der Waals surface area contributed by atoms with Gasteiger partial charge < -0.3 is 19.5 Å². The van der Waals surface area contributed by atoms with Crippen LogP contribution >= 0.6 is 11.6 Å². The van der Waals surface area contributed by atoms with E-state index in [1.165, 1.54) is 0 Å². The van der Waals surface area contributed by atoms with Crippen molar-refractivity contribution < 1.29 is 24.2 Å². The van der Waals surface area contributed by atoms with Crippen LogP contribution in [-0.2, 0) is 14.3 Å². The zero-order valence-electron chi connectivity index (χ0n) is 14.5. The van der Waals surface area contributed by atoms with Crippen LogP contribution < -0.4 is 4.74 Å². The first kappa shape index (κ1) is 19.5. The van der Waals surface area contributed by atoms with Crippen LogP contribution in [0.15, 0.2) is 18.2 Å². The highest BCUT2D eigenvalue weighted by Crippen LogP contribution is 2.27. The van der Waals surface area contributed by atoms with Crippen LogP contribution in [0.5, 0.6) is 5.75 Å². The number of benzene rings is 1. The molecule has 1 amide bonds. The molecule has 0 unspecified atom stereocenters. The van der Waals surface area contributed by atoms with Gasteiger partial charge in [-0.25, -0.2) is 0 Å². The Morgan fingerprint density at radius 3 is 2.72 bits per heavy atom. The van der Waals surface area contributed by atoms with Crippen molar-refractivity contribution in [2.24, 2.45) is 0 Å². The molecule has 0 aromatic heterocycles. The number of ether oxygens (including phenoxy) is 2. The Morgan fingerprint density at radius 2 is 2.08 bits per heavy atom. The maximum absolute atomic E-state index is 12.9. The number of hydrogen-bond acceptors (Lipinski definition) is 4. The van der Waals surface area contributed by atoms with Gasteiger partial charge >= 0.3 is 5.97 Å². The summed E-state index contributed by atoms with van der Waals surface area (Å²) in [6, 6.07) is 5.34. The van der Waals surface area contributed by atoms with Gasteiger partial charge in [0, 0.05) is 25.8 Å². The largest absolute Gasteiger partial charge is 0.481 e. The highest BCUT2D eigenvalue weighted by Gasteiger charge is 2.30. The van der Waals surface area contributed by atoms with E-state index in [1.54, 1.807) is 24.0 Å². The first-order valence-electron chi connectivity index (χ1n) is 8.41. The monoisotopic (exact) mass is 369 g/mol. The van der Waals surface area contributed by atoms with E-state index >= 15 is 0 Å². The van der Waals surface area contributed by atoms with Crippen molar-refractivity contribution in [3.63, 3.8) is 0 Å². The molecule has 1 atom stereocenters. The standard InChI is InChI=1S/C18H24ClNO5/c1-12-3-4-15(19)16(11-12)25-13(2)18(23)20(8-5-17(21)22)14-6-9-24-10-7-14/h3-4,11,13-14H,5-10H2,1-2H3,(H,21,22)/t13-/m1/s1. The number of aryl methyl sites for hydroxylation is 1. The summed E-state index contributed by atoms with van der Waals surface area (Å²) in [5, 5.41) is 9.41. The van der Waals surface area contributed by atoms with Crippen LogP contribution in [0.2, 0.25) is 5.02 Å². The Balaban J connectivity index is 2.10. The summed E-state index contributed by atoms with van der Waals surface area (Å²) in [6.45, 7) is 4.87. The summed E-state index contributed by atoms with van der Waals surface area (Å²) in [7, 11) is 0. The summed E-state index contributed by atoms with van der Waals surface area (Å²) in [4.78, 5) is 25.4. The van der Waals surface area contributed by atoms with E-state index in [4.69, 9.17) is 26.2 Å². The minimum Gasteiger partial charge on any atom is -0.481 e. The van der Waals surface area contributed by atoms with Gasteiger partial charge in [-0.1, -0.05) is 17.7 Å². The first-order chi connectivity index (χ1) is 11.9. The minimum absolute atomic E-state index is 0.0281. The molecule has 0 spiro atoms. The Bertz CT molecular complexity index is 615. The molecule has 2 rings (SSSR count). The van der Waals surface area contributed by atoms with Gasteiger partial charge in [0.2, 0.25) is 0 Å². The van der Waals surface area contributed by atoms with Crippen molar-refractivity contribution in [3.8, 4) is 5.75 Å². The fourth-order valence-corrected chi connectivity index (χ4v) is 3.02. The summed E-state index contributed by atoms with van der Waals surface area (Å²) in [5.41, 5.74) is 0.978. The van der Waals surface area contributed by atoms with Crippen molar-refractivity contribution in [2.75, 3.05) is 19.8 Å². The molecule has 1 heterocycles. The lowest BCUT2D eigenvalue weighted by atomic mass is 10.1. The molecule has 7 heteroatoms. The fraction of sp³-hybridized carbons (Fsp3) is 0.556. The van der Waals surface area contributed by atoms with Gasteiger partial charge in [0.25, 0.3) is 5.91 Å². The van der Waals surface area contributed by atoms with Gasteiger partial charge in [-0.2, -0.15) is 0 Å². The number of halogens is 1. The number of hydrogen-bond donors (Lipinski definition) is 1. The molecule has 1 aromatic rings. The van der Waals surface area contributed by atoms with Gasteiger partial charge in [-0.05, 0) is 44.4 Å². The number of carbonyl (C=O) groups is 2. The third kappa shape index (κ3) is 5.61. The molecular weight excluding hydrogens is 346 g/mol. The third-order valence-corrected chi connectivity index (χ3v) is 4.53. The van der Waals surface area contributed by atoms with E-state index in [0.29, 0.717) is 36.8 Å². The van der Waals surface area contributed by atoms with Crippen LogP contribution in [-0.4, -0.2) is 53.8 Å². The van der Waals surface area contributed by atoms with E-state index in [1.807, 2.05) is 13.0 Å². The molecule has 0 radical (unpaired) electrons. The summed E-state index contributed by atoms with van der Waals surface area (Å²) in [5.74, 6) is -0.710. The van der Waals surface area contributed by atoms with Crippen molar-refractivity contribution in [1.29, 1.82) is 0 Å². The Labute approximate surface area is 152 Å². The van der Waals surface area contributed by atoms with Crippen LogP contribution in [0.25, 0.3) is 0 Å². The fourth-order valence-electron chi connectivity index (χ4n) is 2.86. The summed E-state index contributed by atoms with van der Waals surface area (Å²) < 4.78 is 11.1. The maximum atomic E-state index is 12.9. The van der Waals surface area contributed by atoms with E-state index in [2.05, 4.69) is 0 Å². The predicted molar refractivity (Wildman–Crippen MR) is 94.1 cm³/mol. The number of aliphatic carboxylic acids is 1. The van der Waals surface area contributed by atoms with Crippen LogP contribution in [0.4, 0.5) is 0 Å². The molecule has 0 bridgehead atoms. The summed E-state index contributed by atoms with van der Waals surface area (Å²) >= 11 is 6.13. The Hall–Kier alpha value is -1.79. The van der Waals surface area contributed by atoms with E-state index < -0.39 is 12.1 Å². The second-order valence-electron chi connectivity index (χ2n) is 6.21. The predicted octanol–water partition coefficient (Wildman–Crippen LogP) is 2.90. The molecular formula is C18H24ClNO5. The first-order valence-corrected chi connectivity index (χ1v) is 8.79. The molecule has 1 aliphatic heterocycles. The maximum Gasteiger partial charge on any atom is 0.305 e. The molecule has 138 valence electrons. The average Bonchev–Trinajstić information content (AvgIpc) is 2.58. The second kappa shape index (κ2) is 9.06. The highest BCUT2D eigenvalue weighted by molar-refractivity contribution is 6.32. The number of rotatable bonds is 7. The van der Waals surface area contributed by atoms with Crippen molar-refractivity contribution >= 4 is 23.5 Å². The molecule has 25 heavy (non-hydrogen) atoms. The number of carboxylic acids is 1. The number of amides is 1. The lowest BCUT2D eigenvalue weighted by Gasteiger charge is -2.35. The molecule has 0 saturated carbocycles. The van der Waals surface area contributed by atoms with Gasteiger partial charge in [-0.15, -0.1) is 0 Å². The van der Waals surface area contributed by atoms with E-state index in [0.717, 1.165) is 5.56 Å². The lowest BCUT2D eigenvalue weighted by Crippen LogP contribution is -2.49. The van der Waals surface area contributed by atoms with Crippen molar-refractivity contribution in [1.82, 2.24) is 4.90 Å². The van der Waals surface area contributed by atoms with Crippen LogP contribution in [0.3, 0.4) is 0 Å². The lowest BCUT2D eigenvalue weighted by molar-refractivity contribution is -0.144. The van der Waals surface area contributed by atoms with Crippen molar-refractivity contribution in [3.05, 3.63) is 28.8 Å². The molecule has 1 aliphatic rings. The van der Waals surface area contributed by atoms with Gasteiger partial charge in [0.05, 0.1) is 11.4 Å². The van der Waals surface area contributed by atoms with Gasteiger partial charge in [0.15, 0.2) is 6.10 Å². The highest BCUT2D eigenvalue weighted by atomic mass is 35.5. The molecule has 1 N–H and O–H groups in total. The van der Waals surface area contributed by atoms with Gasteiger partial charge in [-0.3, -0.25) is 9.59 Å². The van der Waals surface area contributed by atoms with Crippen molar-refractivity contribution in [2.45, 2.75) is 45.3 Å². The average molecular weight is 370 g/mol. The Kier molecular flexibility index (Phi) is 7.08. The molecule has 0 aliphatic carbocycles. The minimum atomic E-state index is -0.930. The number of carbonyl (C=O) groups excluding carboxylic acids is 1. The van der Waals surface area contributed by atoms with Gasteiger partial charge in [0.1, 0.15) is 5.75 Å². The molecule has 1 aromatic carbocycles. The van der Waals surface area contributed by atoms with E-state index in [-0.39, 0.29) is 24.9 Å². The zero-order chi connectivity index (χ0) is 18.4. The van der Waals surface area contributed by atoms with E-state index in [9.17, 15) is 9.59 Å². The molecule has 1 fully saturated rings.